The van der Waals surface area contributed by atoms with Crippen molar-refractivity contribution in [2.24, 2.45) is 5.92 Å². The second-order valence-corrected chi connectivity index (χ2v) is 6.66. The Hall–Kier alpha value is -2.44. The summed E-state index contributed by atoms with van der Waals surface area (Å²) in [4.78, 5) is 16.2. The van der Waals surface area contributed by atoms with E-state index in [1.807, 2.05) is 19.1 Å². The molecule has 0 bridgehead atoms. The third-order valence-electron chi connectivity index (χ3n) is 4.46. The van der Waals surface area contributed by atoms with Crippen molar-refractivity contribution in [1.29, 1.82) is 0 Å². The largest absolute Gasteiger partial charge is 0.487 e. The normalized spacial score (nSPS) is 16.4. The minimum Gasteiger partial charge on any atom is -0.487 e. The zero-order chi connectivity index (χ0) is 17.5. The zero-order valence-corrected chi connectivity index (χ0v) is 14.6. The third kappa shape index (κ3) is 5.27. The molecule has 0 aliphatic heterocycles. The molecule has 2 aromatic heterocycles. The van der Waals surface area contributed by atoms with E-state index in [2.05, 4.69) is 20.6 Å². The van der Waals surface area contributed by atoms with E-state index in [-0.39, 0.29) is 12.0 Å². The van der Waals surface area contributed by atoms with Crippen LogP contribution in [0.4, 0.5) is 0 Å². The number of pyridine rings is 1. The first kappa shape index (κ1) is 17.4. The van der Waals surface area contributed by atoms with Crippen LogP contribution >= 0.6 is 0 Å². The van der Waals surface area contributed by atoms with Gasteiger partial charge in [0.1, 0.15) is 11.9 Å². The van der Waals surface area contributed by atoms with Gasteiger partial charge in [0.25, 0.3) is 5.91 Å². The van der Waals surface area contributed by atoms with Gasteiger partial charge < -0.3 is 10.1 Å². The van der Waals surface area contributed by atoms with E-state index in [1.54, 1.807) is 23.3 Å². The van der Waals surface area contributed by atoms with Gasteiger partial charge in [-0.2, -0.15) is 0 Å². The Morgan fingerprint density at radius 1 is 1.40 bits per heavy atom. The van der Waals surface area contributed by atoms with Crippen molar-refractivity contribution >= 4 is 5.91 Å². The van der Waals surface area contributed by atoms with Crippen LogP contribution in [0.3, 0.4) is 0 Å². The Bertz CT molecular complexity index is 667. The standard InChI is InChI=1S/C18H25N5O2/c1-14(25-16-8-5-9-19-11-16)10-20-18(24)17-13-23(22-21-17)12-15-6-3-2-4-7-15/h5,8-9,11,13-15H,2-4,6-7,10,12H2,1H3,(H,20,24)/t14-/m1/s1. The lowest BCUT2D eigenvalue weighted by atomic mass is 9.89. The van der Waals surface area contributed by atoms with Gasteiger partial charge >= 0.3 is 0 Å². The van der Waals surface area contributed by atoms with E-state index >= 15 is 0 Å². The fourth-order valence-electron chi connectivity index (χ4n) is 3.14. The molecule has 0 radical (unpaired) electrons. The number of amides is 1. The maximum Gasteiger partial charge on any atom is 0.273 e. The molecular weight excluding hydrogens is 318 g/mol. The van der Waals surface area contributed by atoms with Gasteiger partial charge in [0, 0.05) is 12.7 Å². The summed E-state index contributed by atoms with van der Waals surface area (Å²) in [6.45, 7) is 3.14. The van der Waals surface area contributed by atoms with Gasteiger partial charge in [-0.25, -0.2) is 0 Å². The van der Waals surface area contributed by atoms with Gasteiger partial charge in [-0.15, -0.1) is 5.10 Å². The predicted octanol–water partition coefficient (Wildman–Crippen LogP) is 2.45. The van der Waals surface area contributed by atoms with Crippen molar-refractivity contribution in [1.82, 2.24) is 25.3 Å². The lowest BCUT2D eigenvalue weighted by Gasteiger charge is -2.20. The monoisotopic (exact) mass is 343 g/mol. The molecule has 0 unspecified atom stereocenters. The molecule has 1 aliphatic rings. The highest BCUT2D eigenvalue weighted by Crippen LogP contribution is 2.24. The molecule has 2 heterocycles. The van der Waals surface area contributed by atoms with Gasteiger partial charge in [-0.3, -0.25) is 14.5 Å². The van der Waals surface area contributed by atoms with Crippen molar-refractivity contribution in [3.63, 3.8) is 0 Å². The fourth-order valence-corrected chi connectivity index (χ4v) is 3.14. The number of hydrogen-bond donors (Lipinski definition) is 1. The van der Waals surface area contributed by atoms with Crippen molar-refractivity contribution in [2.75, 3.05) is 6.54 Å². The first-order chi connectivity index (χ1) is 12.2. The number of nitrogens with one attached hydrogen (secondary N) is 1. The van der Waals surface area contributed by atoms with Crippen LogP contribution in [0.2, 0.25) is 0 Å². The fraction of sp³-hybridized carbons (Fsp3) is 0.556. The molecule has 7 nitrogen and oxygen atoms in total. The molecule has 3 rings (SSSR count). The van der Waals surface area contributed by atoms with Crippen LogP contribution in [-0.4, -0.2) is 38.5 Å². The zero-order valence-electron chi connectivity index (χ0n) is 14.6. The summed E-state index contributed by atoms with van der Waals surface area (Å²) < 4.78 is 7.48. The lowest BCUT2D eigenvalue weighted by Crippen LogP contribution is -2.33. The average molecular weight is 343 g/mol. The van der Waals surface area contributed by atoms with Crippen LogP contribution in [0.5, 0.6) is 5.75 Å². The lowest BCUT2D eigenvalue weighted by molar-refractivity contribution is 0.0927. The number of hydrogen-bond acceptors (Lipinski definition) is 5. The molecule has 1 N–H and O–H groups in total. The summed E-state index contributed by atoms with van der Waals surface area (Å²) >= 11 is 0. The smallest absolute Gasteiger partial charge is 0.273 e. The van der Waals surface area contributed by atoms with Crippen molar-refractivity contribution in [3.8, 4) is 5.75 Å². The second kappa shape index (κ2) is 8.60. The summed E-state index contributed by atoms with van der Waals surface area (Å²) in [5.74, 6) is 1.11. The minimum atomic E-state index is -0.225. The number of carbonyl (C=O) groups is 1. The number of rotatable bonds is 7. The third-order valence-corrected chi connectivity index (χ3v) is 4.46. The summed E-state index contributed by atoms with van der Waals surface area (Å²) in [5.41, 5.74) is 0.351. The number of ether oxygens (including phenoxy) is 1. The van der Waals surface area contributed by atoms with Crippen LogP contribution in [0, 0.1) is 5.92 Å². The Labute approximate surface area is 147 Å². The maximum absolute atomic E-state index is 12.2. The van der Waals surface area contributed by atoms with Crippen molar-refractivity contribution in [3.05, 3.63) is 36.4 Å². The van der Waals surface area contributed by atoms with Gasteiger partial charge in [-0.1, -0.05) is 24.5 Å². The molecule has 1 fully saturated rings. The molecule has 1 aliphatic carbocycles. The summed E-state index contributed by atoms with van der Waals surface area (Å²) in [7, 11) is 0. The van der Waals surface area contributed by atoms with E-state index in [1.165, 1.54) is 32.1 Å². The van der Waals surface area contributed by atoms with E-state index in [4.69, 9.17) is 4.74 Å². The summed E-state index contributed by atoms with van der Waals surface area (Å²) in [5, 5.41) is 10.9. The van der Waals surface area contributed by atoms with Gasteiger partial charge in [0.15, 0.2) is 5.69 Å². The Morgan fingerprint density at radius 2 is 2.24 bits per heavy atom. The van der Waals surface area contributed by atoms with Gasteiger partial charge in [0.05, 0.1) is 18.9 Å². The second-order valence-electron chi connectivity index (χ2n) is 6.66. The molecule has 1 atom stereocenters. The summed E-state index contributed by atoms with van der Waals surface area (Å²) in [6, 6.07) is 3.65. The highest BCUT2D eigenvalue weighted by molar-refractivity contribution is 5.91. The predicted molar refractivity (Wildman–Crippen MR) is 93.3 cm³/mol. The highest BCUT2D eigenvalue weighted by Gasteiger charge is 2.17. The van der Waals surface area contributed by atoms with Crippen molar-refractivity contribution < 1.29 is 9.53 Å². The molecule has 0 aromatic carbocycles. The molecule has 7 heteroatoms. The Morgan fingerprint density at radius 3 is 3.00 bits per heavy atom. The Balaban J connectivity index is 1.45. The topological polar surface area (TPSA) is 81.9 Å². The quantitative estimate of drug-likeness (QED) is 0.835. The SMILES string of the molecule is C[C@H](CNC(=O)c1cn(CC2CCCCC2)nn1)Oc1cccnc1. The van der Waals surface area contributed by atoms with E-state index in [0.29, 0.717) is 23.9 Å². The number of carbonyl (C=O) groups excluding carboxylic acids is 1. The molecular formula is C18H25N5O2. The highest BCUT2D eigenvalue weighted by atomic mass is 16.5. The van der Waals surface area contributed by atoms with Crippen LogP contribution in [-0.2, 0) is 6.54 Å². The molecule has 1 saturated carbocycles. The van der Waals surface area contributed by atoms with Crippen LogP contribution in [0.1, 0.15) is 49.5 Å². The average Bonchev–Trinajstić information content (AvgIpc) is 3.10. The minimum absolute atomic E-state index is 0.162. The van der Waals surface area contributed by atoms with Gasteiger partial charge in [0.2, 0.25) is 0 Å². The first-order valence-corrected chi connectivity index (χ1v) is 8.95. The van der Waals surface area contributed by atoms with E-state index < -0.39 is 0 Å². The van der Waals surface area contributed by atoms with Crippen LogP contribution < -0.4 is 10.1 Å². The summed E-state index contributed by atoms with van der Waals surface area (Å²) in [6.07, 6.45) is 11.3. The molecule has 1 amide bonds. The van der Waals surface area contributed by atoms with Crippen LogP contribution in [0.25, 0.3) is 0 Å². The molecule has 0 spiro atoms. The molecule has 25 heavy (non-hydrogen) atoms. The van der Waals surface area contributed by atoms with Crippen LogP contribution in [0.15, 0.2) is 30.7 Å². The maximum atomic E-state index is 12.2. The molecule has 134 valence electrons. The van der Waals surface area contributed by atoms with E-state index in [9.17, 15) is 4.79 Å². The Kier molecular flexibility index (Phi) is 5.98. The molecule has 0 saturated heterocycles. The first-order valence-electron chi connectivity index (χ1n) is 8.95. The molecule has 2 aromatic rings. The van der Waals surface area contributed by atoms with E-state index in [0.717, 1.165) is 6.54 Å². The number of nitrogens with zero attached hydrogens (tertiary/aromatic N) is 4. The van der Waals surface area contributed by atoms with Crippen molar-refractivity contribution in [2.45, 2.75) is 51.7 Å². The number of aromatic nitrogens is 4. The van der Waals surface area contributed by atoms with Gasteiger partial charge in [-0.05, 0) is 37.8 Å².